The molecule has 6 nitrogen and oxygen atoms in total. The van der Waals surface area contributed by atoms with Gasteiger partial charge in [0.15, 0.2) is 5.17 Å². The van der Waals surface area contributed by atoms with Crippen molar-refractivity contribution in [2.24, 2.45) is 4.99 Å². The van der Waals surface area contributed by atoms with E-state index in [9.17, 15) is 9.59 Å². The maximum absolute atomic E-state index is 13.0. The molecule has 2 aliphatic heterocycles. The predicted octanol–water partition coefficient (Wildman–Crippen LogP) is 3.85. The number of carbonyl (C=O) groups is 2. The van der Waals surface area contributed by atoms with Crippen molar-refractivity contribution < 1.29 is 19.1 Å². The molecule has 2 heterocycles. The van der Waals surface area contributed by atoms with Crippen LogP contribution in [0.5, 0.6) is 5.75 Å². The summed E-state index contributed by atoms with van der Waals surface area (Å²) in [6.07, 6.45) is 2.38. The molecule has 0 N–H and O–H groups in total. The van der Waals surface area contributed by atoms with Crippen LogP contribution in [0.25, 0.3) is 0 Å². The Bertz CT molecular complexity index is 844. The Hall–Kier alpha value is -2.54. The van der Waals surface area contributed by atoms with E-state index in [1.165, 1.54) is 11.8 Å². The summed E-state index contributed by atoms with van der Waals surface area (Å²) in [6.45, 7) is 9.83. The first kappa shape index (κ1) is 20.2. The Morgan fingerprint density at radius 1 is 1.32 bits per heavy atom. The number of esters is 1. The summed E-state index contributed by atoms with van der Waals surface area (Å²) in [6, 6.07) is 6.84. The number of amidine groups is 1. The van der Waals surface area contributed by atoms with E-state index in [0.29, 0.717) is 35.2 Å². The van der Waals surface area contributed by atoms with Crippen molar-refractivity contribution in [3.63, 3.8) is 0 Å². The SMILES string of the molecule is C=CCOc1ccc(C2C(C(=O)OCC)=C(C)N=C3SC(CC)C(=O)N32)cc1. The highest BCUT2D eigenvalue weighted by molar-refractivity contribution is 8.15. The fourth-order valence-corrected chi connectivity index (χ4v) is 4.41. The van der Waals surface area contributed by atoms with Gasteiger partial charge in [0.25, 0.3) is 0 Å². The molecule has 0 aromatic heterocycles. The van der Waals surface area contributed by atoms with Crippen molar-refractivity contribution >= 4 is 28.8 Å². The van der Waals surface area contributed by atoms with E-state index in [-0.39, 0.29) is 17.8 Å². The molecule has 2 aliphatic rings. The number of nitrogens with zero attached hydrogens (tertiary/aromatic N) is 2. The number of ether oxygens (including phenoxy) is 2. The molecule has 3 rings (SSSR count). The zero-order valence-corrected chi connectivity index (χ0v) is 17.1. The Morgan fingerprint density at radius 3 is 2.64 bits per heavy atom. The van der Waals surface area contributed by atoms with Gasteiger partial charge in [-0.05, 0) is 38.0 Å². The molecule has 0 radical (unpaired) electrons. The van der Waals surface area contributed by atoms with Gasteiger partial charge in [-0.15, -0.1) is 0 Å². The lowest BCUT2D eigenvalue weighted by Gasteiger charge is -2.33. The number of hydrogen-bond donors (Lipinski definition) is 0. The minimum absolute atomic E-state index is 0.0301. The Kier molecular flexibility index (Phi) is 6.24. The highest BCUT2D eigenvalue weighted by Gasteiger charge is 2.47. The molecule has 1 fully saturated rings. The molecular formula is C21H24N2O4S. The summed E-state index contributed by atoms with van der Waals surface area (Å²) in [5.74, 6) is 0.218. The lowest BCUT2D eigenvalue weighted by molar-refractivity contribution is -0.139. The summed E-state index contributed by atoms with van der Waals surface area (Å²) in [4.78, 5) is 31.9. The number of carbonyl (C=O) groups excluding carboxylic acids is 2. The number of hydrogen-bond acceptors (Lipinski definition) is 6. The van der Waals surface area contributed by atoms with Crippen molar-refractivity contribution in [3.05, 3.63) is 53.8 Å². The fraction of sp³-hybridized carbons (Fsp3) is 0.381. The predicted molar refractivity (Wildman–Crippen MR) is 110 cm³/mol. The normalized spacial score (nSPS) is 21.3. The Balaban J connectivity index is 2.04. The van der Waals surface area contributed by atoms with Gasteiger partial charge in [-0.2, -0.15) is 0 Å². The molecule has 0 saturated carbocycles. The molecule has 1 saturated heterocycles. The maximum Gasteiger partial charge on any atom is 0.338 e. The van der Waals surface area contributed by atoms with Gasteiger partial charge in [-0.1, -0.05) is 43.5 Å². The zero-order valence-electron chi connectivity index (χ0n) is 16.3. The smallest absolute Gasteiger partial charge is 0.338 e. The largest absolute Gasteiger partial charge is 0.490 e. The van der Waals surface area contributed by atoms with Gasteiger partial charge >= 0.3 is 5.97 Å². The van der Waals surface area contributed by atoms with Gasteiger partial charge in [-0.25, -0.2) is 9.79 Å². The van der Waals surface area contributed by atoms with Crippen LogP contribution in [0.2, 0.25) is 0 Å². The number of fused-ring (bicyclic) bond motifs is 1. The molecule has 0 aliphatic carbocycles. The van der Waals surface area contributed by atoms with Crippen LogP contribution in [0.4, 0.5) is 0 Å². The van der Waals surface area contributed by atoms with Crippen molar-refractivity contribution in [3.8, 4) is 5.75 Å². The average molecular weight is 401 g/mol. The van der Waals surface area contributed by atoms with Crippen molar-refractivity contribution in [2.75, 3.05) is 13.2 Å². The monoisotopic (exact) mass is 400 g/mol. The first-order valence-electron chi connectivity index (χ1n) is 9.31. The van der Waals surface area contributed by atoms with Crippen LogP contribution in [0, 0.1) is 0 Å². The highest BCUT2D eigenvalue weighted by Crippen LogP contribution is 2.44. The summed E-state index contributed by atoms with van der Waals surface area (Å²) < 4.78 is 10.8. The Morgan fingerprint density at radius 2 is 2.04 bits per heavy atom. The van der Waals surface area contributed by atoms with E-state index < -0.39 is 12.0 Å². The van der Waals surface area contributed by atoms with E-state index in [2.05, 4.69) is 11.6 Å². The van der Waals surface area contributed by atoms with Crippen LogP contribution in [-0.4, -0.2) is 40.4 Å². The molecule has 1 aromatic carbocycles. The van der Waals surface area contributed by atoms with Gasteiger partial charge in [0.1, 0.15) is 12.4 Å². The Labute approximate surface area is 169 Å². The van der Waals surface area contributed by atoms with Crippen molar-refractivity contribution in [1.82, 2.24) is 4.90 Å². The van der Waals surface area contributed by atoms with E-state index in [1.54, 1.807) is 24.8 Å². The quantitative estimate of drug-likeness (QED) is 0.514. The van der Waals surface area contributed by atoms with Gasteiger partial charge in [0.2, 0.25) is 5.91 Å². The molecule has 1 aromatic rings. The molecule has 0 bridgehead atoms. The van der Waals surface area contributed by atoms with Gasteiger partial charge in [0, 0.05) is 0 Å². The number of allylic oxidation sites excluding steroid dienone is 1. The molecule has 1 amide bonds. The lowest BCUT2D eigenvalue weighted by Crippen LogP contribution is -2.40. The number of aliphatic imine (C=N–C) groups is 1. The number of rotatable bonds is 7. The van der Waals surface area contributed by atoms with Crippen LogP contribution >= 0.6 is 11.8 Å². The lowest BCUT2D eigenvalue weighted by atomic mass is 9.94. The van der Waals surface area contributed by atoms with Crippen LogP contribution in [0.15, 0.2) is 53.2 Å². The topological polar surface area (TPSA) is 68.2 Å². The minimum Gasteiger partial charge on any atom is -0.490 e. The summed E-state index contributed by atoms with van der Waals surface area (Å²) in [5.41, 5.74) is 1.79. The van der Waals surface area contributed by atoms with Crippen molar-refractivity contribution in [1.29, 1.82) is 0 Å². The fourth-order valence-electron chi connectivity index (χ4n) is 3.28. The second-order valence-electron chi connectivity index (χ2n) is 6.41. The first-order valence-corrected chi connectivity index (χ1v) is 10.2. The number of benzene rings is 1. The third-order valence-electron chi connectivity index (χ3n) is 4.58. The van der Waals surface area contributed by atoms with Crippen molar-refractivity contribution in [2.45, 2.75) is 38.5 Å². The average Bonchev–Trinajstić information content (AvgIpc) is 3.01. The summed E-state index contributed by atoms with van der Waals surface area (Å²) in [7, 11) is 0. The molecule has 28 heavy (non-hydrogen) atoms. The van der Waals surface area contributed by atoms with Crippen LogP contribution < -0.4 is 4.74 Å². The van der Waals surface area contributed by atoms with Gasteiger partial charge < -0.3 is 9.47 Å². The summed E-state index contributed by atoms with van der Waals surface area (Å²) >= 11 is 1.45. The van der Waals surface area contributed by atoms with Gasteiger partial charge in [-0.3, -0.25) is 9.69 Å². The zero-order chi connectivity index (χ0) is 20.3. The first-order chi connectivity index (χ1) is 13.5. The van der Waals surface area contributed by atoms with E-state index in [0.717, 1.165) is 5.56 Å². The standard InChI is InChI=1S/C21H24N2O4S/c1-5-12-27-15-10-8-14(9-11-15)18-17(20(25)26-7-3)13(4)22-21-23(18)19(24)16(6-2)28-21/h5,8-11,16,18H,1,6-7,12H2,2-4H3. The third-order valence-corrected chi connectivity index (χ3v) is 5.90. The van der Waals surface area contributed by atoms with Gasteiger partial charge in [0.05, 0.1) is 29.2 Å². The minimum atomic E-state index is -0.559. The third kappa shape index (κ3) is 3.71. The second kappa shape index (κ2) is 8.65. The second-order valence-corrected chi connectivity index (χ2v) is 7.58. The van der Waals surface area contributed by atoms with Crippen LogP contribution in [0.1, 0.15) is 38.8 Å². The molecule has 7 heteroatoms. The van der Waals surface area contributed by atoms with Crippen LogP contribution in [-0.2, 0) is 14.3 Å². The van der Waals surface area contributed by atoms with E-state index >= 15 is 0 Å². The molecule has 0 spiro atoms. The summed E-state index contributed by atoms with van der Waals surface area (Å²) in [5, 5.41) is 0.449. The highest BCUT2D eigenvalue weighted by atomic mass is 32.2. The van der Waals surface area contributed by atoms with E-state index in [4.69, 9.17) is 9.47 Å². The number of thioether (sulfide) groups is 1. The molecule has 148 valence electrons. The maximum atomic E-state index is 13.0. The van der Waals surface area contributed by atoms with E-state index in [1.807, 2.05) is 31.2 Å². The van der Waals surface area contributed by atoms with Crippen LogP contribution in [0.3, 0.4) is 0 Å². The molecule has 2 atom stereocenters. The molecule has 2 unspecified atom stereocenters. The number of amides is 1. The molecular weight excluding hydrogens is 376 g/mol.